The molecule has 1 atom stereocenters. The average Bonchev–Trinajstić information content (AvgIpc) is 3.36. The highest BCUT2D eigenvalue weighted by Crippen LogP contribution is 2.40. The number of imidazole rings is 1. The van der Waals surface area contributed by atoms with Gasteiger partial charge in [-0.3, -0.25) is 14.0 Å². The van der Waals surface area contributed by atoms with Crippen LogP contribution in [0, 0.1) is 6.92 Å². The number of nitrogens with zero attached hydrogens (tertiary/aromatic N) is 3. The van der Waals surface area contributed by atoms with E-state index in [9.17, 15) is 14.7 Å². The maximum Gasteiger partial charge on any atom is 0.295 e. The molecule has 2 aromatic heterocycles. The fraction of sp³-hybridized carbons (Fsp3) is 0.207. The first-order valence-corrected chi connectivity index (χ1v) is 12.0. The summed E-state index contributed by atoms with van der Waals surface area (Å²) in [7, 11) is 0. The van der Waals surface area contributed by atoms with E-state index in [2.05, 4.69) is 4.98 Å². The quantitative estimate of drug-likeness (QED) is 0.235. The van der Waals surface area contributed by atoms with E-state index in [0.717, 1.165) is 5.56 Å². The van der Waals surface area contributed by atoms with Crippen LogP contribution in [0.1, 0.15) is 35.5 Å². The van der Waals surface area contributed by atoms with Gasteiger partial charge in [-0.2, -0.15) is 0 Å². The molecule has 1 saturated heterocycles. The normalized spacial score (nSPS) is 17.2. The zero-order valence-electron chi connectivity index (χ0n) is 20.2. The SMILES string of the molecule is CCOc1cccc(C2/C(=C(\O)c3c(C)nc4ccccn34)C(=O)C(=O)N2CCc2ccccc2)c1. The van der Waals surface area contributed by atoms with Gasteiger partial charge in [0.2, 0.25) is 0 Å². The van der Waals surface area contributed by atoms with Gasteiger partial charge in [0.05, 0.1) is 23.9 Å². The van der Waals surface area contributed by atoms with E-state index in [1.807, 2.05) is 79.7 Å². The van der Waals surface area contributed by atoms with Gasteiger partial charge < -0.3 is 14.7 Å². The van der Waals surface area contributed by atoms with E-state index < -0.39 is 17.7 Å². The molecule has 1 fully saturated rings. The Kier molecular flexibility index (Phi) is 6.29. The summed E-state index contributed by atoms with van der Waals surface area (Å²) in [4.78, 5) is 32.8. The van der Waals surface area contributed by atoms with E-state index in [0.29, 0.717) is 47.9 Å². The molecular formula is C29H27N3O4. The molecule has 0 spiro atoms. The van der Waals surface area contributed by atoms with Gasteiger partial charge in [0, 0.05) is 12.7 Å². The van der Waals surface area contributed by atoms with Crippen molar-refractivity contribution >= 4 is 23.1 Å². The number of likely N-dealkylation sites (tertiary alicyclic amines) is 1. The minimum absolute atomic E-state index is 0.0514. The molecule has 1 aliphatic heterocycles. The van der Waals surface area contributed by atoms with Gasteiger partial charge in [-0.05, 0) is 55.7 Å². The van der Waals surface area contributed by atoms with Crippen molar-refractivity contribution in [3.63, 3.8) is 0 Å². The second-order valence-corrected chi connectivity index (χ2v) is 8.71. The summed E-state index contributed by atoms with van der Waals surface area (Å²) in [6.45, 7) is 4.48. The van der Waals surface area contributed by atoms with Crippen LogP contribution in [0.2, 0.25) is 0 Å². The Bertz CT molecular complexity index is 1470. The number of aliphatic hydroxyl groups excluding tert-OH is 1. The Morgan fingerprint density at radius 2 is 1.81 bits per heavy atom. The third-order valence-corrected chi connectivity index (χ3v) is 6.44. The molecule has 5 rings (SSSR count). The Hall–Kier alpha value is -4.39. The Morgan fingerprint density at radius 3 is 2.58 bits per heavy atom. The summed E-state index contributed by atoms with van der Waals surface area (Å²) < 4.78 is 7.42. The van der Waals surface area contributed by atoms with Crippen LogP contribution in [0.4, 0.5) is 0 Å². The number of amides is 1. The largest absolute Gasteiger partial charge is 0.505 e. The molecule has 0 bridgehead atoms. The van der Waals surface area contributed by atoms with E-state index in [1.54, 1.807) is 22.4 Å². The van der Waals surface area contributed by atoms with Gasteiger partial charge in [0.25, 0.3) is 11.7 Å². The fourth-order valence-electron chi connectivity index (χ4n) is 4.82. The molecule has 1 amide bonds. The zero-order valence-corrected chi connectivity index (χ0v) is 20.2. The number of fused-ring (bicyclic) bond motifs is 1. The molecule has 182 valence electrons. The highest BCUT2D eigenvalue weighted by molar-refractivity contribution is 6.46. The van der Waals surface area contributed by atoms with Crippen LogP contribution < -0.4 is 4.74 Å². The summed E-state index contributed by atoms with van der Waals surface area (Å²) >= 11 is 0. The van der Waals surface area contributed by atoms with Gasteiger partial charge in [0.1, 0.15) is 17.1 Å². The van der Waals surface area contributed by atoms with Crippen LogP contribution in [-0.4, -0.2) is 44.2 Å². The minimum Gasteiger partial charge on any atom is -0.505 e. The molecule has 1 unspecified atom stereocenters. The molecule has 3 heterocycles. The summed E-state index contributed by atoms with van der Waals surface area (Å²) in [6.07, 6.45) is 2.35. The predicted molar refractivity (Wildman–Crippen MR) is 137 cm³/mol. The molecule has 7 heteroatoms. The maximum atomic E-state index is 13.4. The van der Waals surface area contributed by atoms with Crippen molar-refractivity contribution in [2.24, 2.45) is 0 Å². The third-order valence-electron chi connectivity index (χ3n) is 6.44. The van der Waals surface area contributed by atoms with Gasteiger partial charge in [-0.1, -0.05) is 48.5 Å². The standard InChI is InChI=1S/C29H27N3O4/c1-3-36-22-13-9-12-21(18-22)26-24(27(33)25-19(2)30-23-14-7-8-16-31(23)25)28(34)29(35)32(26)17-15-20-10-5-4-6-11-20/h4-14,16,18,26,33H,3,15,17H2,1-2H3/b27-24+. The molecule has 2 aromatic carbocycles. The number of hydrogen-bond acceptors (Lipinski definition) is 5. The maximum absolute atomic E-state index is 13.4. The van der Waals surface area contributed by atoms with Crippen LogP contribution in [-0.2, 0) is 16.0 Å². The number of carbonyl (C=O) groups excluding carboxylic acids is 2. The number of aryl methyl sites for hydroxylation is 1. The number of Topliss-reactive ketones (excluding diaryl/α,β-unsaturated/α-hetero) is 1. The van der Waals surface area contributed by atoms with Crippen molar-refractivity contribution in [3.8, 4) is 5.75 Å². The number of benzene rings is 2. The zero-order chi connectivity index (χ0) is 25.2. The first kappa shape index (κ1) is 23.4. The number of ketones is 1. The topological polar surface area (TPSA) is 84.1 Å². The molecule has 0 aliphatic carbocycles. The molecule has 7 nitrogen and oxygen atoms in total. The molecule has 1 aliphatic rings. The highest BCUT2D eigenvalue weighted by Gasteiger charge is 2.46. The van der Waals surface area contributed by atoms with Crippen LogP contribution in [0.25, 0.3) is 11.4 Å². The molecule has 1 N–H and O–H groups in total. The van der Waals surface area contributed by atoms with E-state index >= 15 is 0 Å². The molecule has 0 saturated carbocycles. The van der Waals surface area contributed by atoms with Crippen molar-refractivity contribution in [3.05, 3.63) is 107 Å². The molecule has 36 heavy (non-hydrogen) atoms. The number of rotatable bonds is 7. The van der Waals surface area contributed by atoms with Crippen LogP contribution in [0.5, 0.6) is 5.75 Å². The summed E-state index contributed by atoms with van der Waals surface area (Å²) in [5, 5.41) is 11.6. The highest BCUT2D eigenvalue weighted by atomic mass is 16.5. The van der Waals surface area contributed by atoms with Gasteiger partial charge in [0.15, 0.2) is 5.76 Å². The number of pyridine rings is 1. The lowest BCUT2D eigenvalue weighted by Crippen LogP contribution is -2.31. The fourth-order valence-corrected chi connectivity index (χ4v) is 4.82. The number of aromatic nitrogens is 2. The van der Waals surface area contributed by atoms with Crippen LogP contribution >= 0.6 is 0 Å². The lowest BCUT2D eigenvalue weighted by Gasteiger charge is -2.25. The smallest absolute Gasteiger partial charge is 0.295 e. The van der Waals surface area contributed by atoms with Crippen LogP contribution in [0.3, 0.4) is 0 Å². The Balaban J connectivity index is 1.65. The number of carbonyl (C=O) groups is 2. The van der Waals surface area contributed by atoms with Crippen molar-refractivity contribution in [1.82, 2.24) is 14.3 Å². The molecule has 0 radical (unpaired) electrons. The van der Waals surface area contributed by atoms with E-state index in [1.165, 1.54) is 0 Å². The summed E-state index contributed by atoms with van der Waals surface area (Å²) in [6, 6.07) is 21.9. The second-order valence-electron chi connectivity index (χ2n) is 8.71. The first-order valence-electron chi connectivity index (χ1n) is 12.0. The van der Waals surface area contributed by atoms with Crippen molar-refractivity contribution < 1.29 is 19.4 Å². The number of hydrogen-bond donors (Lipinski definition) is 1. The predicted octanol–water partition coefficient (Wildman–Crippen LogP) is 4.71. The minimum atomic E-state index is -0.761. The van der Waals surface area contributed by atoms with Gasteiger partial charge in [-0.15, -0.1) is 0 Å². The lowest BCUT2D eigenvalue weighted by atomic mass is 9.96. The lowest BCUT2D eigenvalue weighted by molar-refractivity contribution is -0.139. The molecular weight excluding hydrogens is 454 g/mol. The third kappa shape index (κ3) is 4.13. The van der Waals surface area contributed by atoms with Crippen molar-refractivity contribution in [2.75, 3.05) is 13.2 Å². The summed E-state index contributed by atoms with van der Waals surface area (Å²) in [5.74, 6) is -0.948. The second kappa shape index (κ2) is 9.70. The summed E-state index contributed by atoms with van der Waals surface area (Å²) in [5.41, 5.74) is 3.41. The van der Waals surface area contributed by atoms with Crippen molar-refractivity contribution in [1.29, 1.82) is 0 Å². The molecule has 4 aromatic rings. The Morgan fingerprint density at radius 1 is 1.03 bits per heavy atom. The number of ether oxygens (including phenoxy) is 1. The average molecular weight is 482 g/mol. The monoisotopic (exact) mass is 481 g/mol. The van der Waals surface area contributed by atoms with Crippen molar-refractivity contribution in [2.45, 2.75) is 26.3 Å². The number of aliphatic hydroxyl groups is 1. The van der Waals surface area contributed by atoms with Gasteiger partial charge in [-0.25, -0.2) is 4.98 Å². The van der Waals surface area contributed by atoms with E-state index in [-0.39, 0.29) is 11.3 Å². The van der Waals surface area contributed by atoms with E-state index in [4.69, 9.17) is 4.74 Å². The van der Waals surface area contributed by atoms with Gasteiger partial charge >= 0.3 is 0 Å². The Labute approximate surface area is 209 Å². The van der Waals surface area contributed by atoms with Crippen LogP contribution in [0.15, 0.2) is 84.6 Å². The first-order chi connectivity index (χ1) is 17.5.